The van der Waals surface area contributed by atoms with Crippen LogP contribution in [0.4, 0.5) is 21.6 Å². The van der Waals surface area contributed by atoms with Crippen molar-refractivity contribution in [3.05, 3.63) is 104 Å². The summed E-state index contributed by atoms with van der Waals surface area (Å²) >= 11 is 12.2. The number of piperidine rings is 1. The Bertz CT molecular complexity index is 2530. The summed E-state index contributed by atoms with van der Waals surface area (Å²) in [6.07, 6.45) is 1.64. The monoisotopic (exact) mass is 915 g/mol. The first-order valence-electron chi connectivity index (χ1n) is 20.6. The minimum absolute atomic E-state index is 0.00403. The van der Waals surface area contributed by atoms with Crippen molar-refractivity contribution in [3.8, 4) is 5.75 Å². The number of amides is 7. The molecule has 0 spiro atoms. The molecule has 7 amide bonds. The van der Waals surface area contributed by atoms with Crippen LogP contribution in [0.3, 0.4) is 0 Å². The first-order valence-corrected chi connectivity index (χ1v) is 21.4. The van der Waals surface area contributed by atoms with Gasteiger partial charge in [0.25, 0.3) is 23.6 Å². The minimum Gasteiger partial charge on any atom is -0.489 e. The third-order valence-corrected chi connectivity index (χ3v) is 12.0. The summed E-state index contributed by atoms with van der Waals surface area (Å²) in [5.74, 6) is -3.79. The zero-order valence-corrected chi connectivity index (χ0v) is 36.3. The second kappa shape index (κ2) is 19.4. The molecule has 4 heterocycles. The summed E-state index contributed by atoms with van der Waals surface area (Å²) in [7, 11) is 0. The van der Waals surface area contributed by atoms with Gasteiger partial charge >= 0.3 is 0 Å². The van der Waals surface area contributed by atoms with Crippen LogP contribution < -0.4 is 26.4 Å². The van der Waals surface area contributed by atoms with Crippen molar-refractivity contribution in [2.75, 3.05) is 42.6 Å². The lowest BCUT2D eigenvalue weighted by molar-refractivity contribution is -0.139. The molecule has 7 rings (SSSR count). The zero-order valence-electron chi connectivity index (χ0n) is 34.8. The van der Waals surface area contributed by atoms with Gasteiger partial charge in [0.15, 0.2) is 17.3 Å². The molecule has 2 fully saturated rings. The number of nitrogen functional groups attached to an aromatic ring is 1. The molecule has 0 aliphatic carbocycles. The number of nitrogens with two attached hydrogens (primary N) is 1. The summed E-state index contributed by atoms with van der Waals surface area (Å²) in [5.41, 5.74) is 7.76. The molecule has 3 aliphatic rings. The number of hydrogen-bond acceptors (Lipinski definition) is 12. The fraction of sp³-hybridized carbons (Fsp3) is 0.341. The van der Waals surface area contributed by atoms with Crippen LogP contribution in [-0.2, 0) is 20.8 Å². The third-order valence-electron chi connectivity index (χ3n) is 11.3. The van der Waals surface area contributed by atoms with Gasteiger partial charge in [-0.15, -0.1) is 10.2 Å². The largest absolute Gasteiger partial charge is 0.489 e. The fourth-order valence-electron chi connectivity index (χ4n) is 8.14. The van der Waals surface area contributed by atoms with E-state index in [0.29, 0.717) is 55.0 Å². The van der Waals surface area contributed by atoms with Gasteiger partial charge < -0.3 is 30.9 Å². The zero-order chi connectivity index (χ0) is 45.8. The predicted octanol–water partition coefficient (Wildman–Crippen LogP) is 5.12. The van der Waals surface area contributed by atoms with Gasteiger partial charge in [0.1, 0.15) is 11.9 Å². The number of aromatic nitrogens is 2. The van der Waals surface area contributed by atoms with Gasteiger partial charge in [0.2, 0.25) is 17.7 Å². The second-order valence-corrected chi connectivity index (χ2v) is 16.5. The molecule has 4 aromatic rings. The number of rotatable bonds is 14. The van der Waals surface area contributed by atoms with E-state index in [1.165, 1.54) is 18.2 Å². The number of benzene rings is 3. The molecule has 3 aliphatic heterocycles. The van der Waals surface area contributed by atoms with Crippen molar-refractivity contribution in [1.82, 2.24) is 30.2 Å². The van der Waals surface area contributed by atoms with E-state index in [1.54, 1.807) is 46.2 Å². The number of fused-ring (bicyclic) bond motifs is 1. The normalized spacial score (nSPS) is 18.5. The molecular weight excluding hydrogens is 872 g/mol. The number of carbonyl (C=O) groups is 7. The van der Waals surface area contributed by atoms with Crippen molar-refractivity contribution >= 4 is 81.7 Å². The topological polar surface area (TPSA) is 226 Å². The SMILES string of the molecule is C[C@@H]1CN(C(=O)c2ccc(NC(=O)c3cc(OCCc4c(Cl)ccc(F)c4Cl)c(N)nn3)cc2)C[C@H](C)N1C(=O)CCCCNc1cccc2c1C(=O)N([C@@H]1CCC(=O)NC1=O)C2=O. The molecule has 334 valence electrons. The number of nitrogens with one attached hydrogen (secondary N) is 3. The van der Waals surface area contributed by atoms with Crippen molar-refractivity contribution in [1.29, 1.82) is 0 Å². The van der Waals surface area contributed by atoms with Crippen molar-refractivity contribution in [2.24, 2.45) is 0 Å². The number of unbranched alkanes of at least 4 members (excludes halogenated alkanes) is 1. The molecule has 3 aromatic carbocycles. The van der Waals surface area contributed by atoms with Gasteiger partial charge in [0.05, 0.1) is 22.8 Å². The molecule has 17 nitrogen and oxygen atoms in total. The molecule has 3 atom stereocenters. The average molecular weight is 917 g/mol. The third kappa shape index (κ3) is 9.62. The maximum Gasteiger partial charge on any atom is 0.276 e. The number of hydrogen-bond donors (Lipinski definition) is 4. The number of anilines is 3. The Balaban J connectivity index is 0.860. The second-order valence-electron chi connectivity index (χ2n) is 15.7. The first-order chi connectivity index (χ1) is 30.6. The van der Waals surface area contributed by atoms with Gasteiger partial charge in [-0.25, -0.2) is 4.39 Å². The molecule has 5 N–H and O–H groups in total. The van der Waals surface area contributed by atoms with Gasteiger partial charge in [-0.3, -0.25) is 43.8 Å². The lowest BCUT2D eigenvalue weighted by Gasteiger charge is -2.44. The van der Waals surface area contributed by atoms with Crippen LogP contribution >= 0.6 is 23.2 Å². The summed E-state index contributed by atoms with van der Waals surface area (Å²) in [6.45, 7) is 4.85. The van der Waals surface area contributed by atoms with Crippen LogP contribution in [-0.4, -0.2) is 111 Å². The lowest BCUT2D eigenvalue weighted by atomic mass is 10.0. The van der Waals surface area contributed by atoms with Gasteiger partial charge in [0, 0.05) is 79.0 Å². The van der Waals surface area contributed by atoms with Crippen molar-refractivity contribution in [2.45, 2.75) is 70.5 Å². The number of carbonyl (C=O) groups excluding carboxylic acids is 7. The van der Waals surface area contributed by atoms with Crippen LogP contribution in [0.5, 0.6) is 5.75 Å². The van der Waals surface area contributed by atoms with Crippen molar-refractivity contribution < 1.29 is 42.7 Å². The summed E-state index contributed by atoms with van der Waals surface area (Å²) in [4.78, 5) is 95.2. The highest BCUT2D eigenvalue weighted by Gasteiger charge is 2.45. The smallest absolute Gasteiger partial charge is 0.276 e. The highest BCUT2D eigenvalue weighted by Crippen LogP contribution is 2.33. The van der Waals surface area contributed by atoms with Crippen LogP contribution in [0.1, 0.15) is 93.1 Å². The van der Waals surface area contributed by atoms with Crippen LogP contribution in [0, 0.1) is 5.82 Å². The van der Waals surface area contributed by atoms with E-state index < -0.39 is 41.4 Å². The van der Waals surface area contributed by atoms with E-state index >= 15 is 0 Å². The number of nitrogens with zero attached hydrogens (tertiary/aromatic N) is 5. The van der Waals surface area contributed by atoms with E-state index in [1.807, 2.05) is 13.8 Å². The Morgan fingerprint density at radius 3 is 2.41 bits per heavy atom. The summed E-state index contributed by atoms with van der Waals surface area (Å²) in [5, 5.41) is 16.0. The van der Waals surface area contributed by atoms with Gasteiger partial charge in [-0.05, 0) is 87.2 Å². The van der Waals surface area contributed by atoms with E-state index in [2.05, 4.69) is 26.1 Å². The lowest BCUT2D eigenvalue weighted by Crippen LogP contribution is -2.59. The van der Waals surface area contributed by atoms with E-state index in [4.69, 9.17) is 33.7 Å². The fourth-order valence-corrected chi connectivity index (χ4v) is 8.70. The Hall–Kier alpha value is -6.66. The van der Waals surface area contributed by atoms with Crippen LogP contribution in [0.25, 0.3) is 0 Å². The molecular formula is C44H44Cl2FN9O8. The number of halogens is 3. The number of ether oxygens (including phenoxy) is 1. The van der Waals surface area contributed by atoms with E-state index in [-0.39, 0.29) is 94.6 Å². The Labute approximate surface area is 376 Å². The minimum atomic E-state index is -1.06. The predicted molar refractivity (Wildman–Crippen MR) is 234 cm³/mol. The van der Waals surface area contributed by atoms with E-state index in [9.17, 15) is 38.0 Å². The van der Waals surface area contributed by atoms with Crippen molar-refractivity contribution in [3.63, 3.8) is 0 Å². The molecule has 0 saturated carbocycles. The molecule has 20 heteroatoms. The maximum atomic E-state index is 13.9. The molecule has 0 radical (unpaired) electrons. The molecule has 0 bridgehead atoms. The first kappa shape index (κ1) is 45.4. The molecule has 1 aromatic heterocycles. The summed E-state index contributed by atoms with van der Waals surface area (Å²) in [6, 6.07) is 13.5. The molecule has 64 heavy (non-hydrogen) atoms. The Morgan fingerprint density at radius 2 is 1.69 bits per heavy atom. The van der Waals surface area contributed by atoms with Crippen LogP contribution in [0.15, 0.2) is 60.7 Å². The quantitative estimate of drug-likeness (QED) is 0.0735. The highest BCUT2D eigenvalue weighted by atomic mass is 35.5. The maximum absolute atomic E-state index is 13.9. The average Bonchev–Trinajstić information content (AvgIpc) is 3.52. The number of piperazine rings is 1. The Kier molecular flexibility index (Phi) is 13.7. The summed E-state index contributed by atoms with van der Waals surface area (Å²) < 4.78 is 19.6. The Morgan fingerprint density at radius 1 is 0.953 bits per heavy atom. The van der Waals surface area contributed by atoms with Gasteiger partial charge in [-0.2, -0.15) is 0 Å². The highest BCUT2D eigenvalue weighted by molar-refractivity contribution is 6.36. The van der Waals surface area contributed by atoms with Gasteiger partial charge in [-0.1, -0.05) is 29.3 Å². The molecule has 2 saturated heterocycles. The number of imide groups is 2. The van der Waals surface area contributed by atoms with E-state index in [0.717, 1.165) is 11.0 Å². The molecule has 0 unspecified atom stereocenters. The standard InChI is InChI=1S/C44H44Cl2FN9O8/c1-23-21-54(42(61)25-9-11-26(12-10-25)50-40(59)32-20-34(39(48)53-52-32)64-19-17-27-29(45)13-14-30(47)38(27)46)22-24(2)55(23)36(58)8-3-4-18-49-31-7-5-6-28-37(31)44(63)56(43(28)62)33-15-16-35(57)51-41(33)60/h5-7,9-14,20,23-24,33,49H,3-4,8,15-19,21-22H2,1-2H3,(H2,48,53)(H,50,59)(H,51,57,60)/t23-,24+,33-/m1/s1. The van der Waals surface area contributed by atoms with Crippen LogP contribution in [0.2, 0.25) is 10.0 Å².